The van der Waals surface area contributed by atoms with E-state index in [1.807, 2.05) is 6.92 Å². The van der Waals surface area contributed by atoms with E-state index in [2.05, 4.69) is 10.3 Å². The van der Waals surface area contributed by atoms with Crippen molar-refractivity contribution in [1.82, 2.24) is 4.98 Å². The Kier molecular flexibility index (Phi) is 3.56. The second kappa shape index (κ2) is 4.97. The molecule has 0 atom stereocenters. The molecule has 1 heterocycles. The molecule has 2 aromatic rings. The van der Waals surface area contributed by atoms with Crippen LogP contribution in [0.5, 0.6) is 0 Å². The molecule has 1 N–H and O–H groups in total. The first-order valence-corrected chi connectivity index (χ1v) is 6.25. The van der Waals surface area contributed by atoms with Gasteiger partial charge in [0.15, 0.2) is 5.13 Å². The fourth-order valence-electron chi connectivity index (χ4n) is 1.49. The van der Waals surface area contributed by atoms with Gasteiger partial charge < -0.3 is 5.32 Å². The summed E-state index contributed by atoms with van der Waals surface area (Å²) >= 11 is 1.38. The van der Waals surface area contributed by atoms with Crippen molar-refractivity contribution in [2.45, 2.75) is 13.1 Å². The van der Waals surface area contributed by atoms with E-state index in [4.69, 9.17) is 0 Å². The molecule has 1 aromatic carbocycles. The lowest BCUT2D eigenvalue weighted by Crippen LogP contribution is -2.04. The molecule has 0 bridgehead atoms. The van der Waals surface area contributed by atoms with Crippen molar-refractivity contribution in [3.05, 3.63) is 35.2 Å². The summed E-state index contributed by atoms with van der Waals surface area (Å²) in [4.78, 5) is 4.23. The minimum absolute atomic E-state index is 0.477. The van der Waals surface area contributed by atoms with E-state index in [0.717, 1.165) is 18.7 Å². The Morgan fingerprint density at radius 3 is 2.78 bits per heavy atom. The predicted octanol–water partition coefficient (Wildman–Crippen LogP) is 4.26. The maximum absolute atomic E-state index is 12.6. The number of alkyl halides is 3. The summed E-state index contributed by atoms with van der Waals surface area (Å²) in [5.41, 5.74) is 0.380. The van der Waals surface area contributed by atoms with Gasteiger partial charge in [-0.2, -0.15) is 13.2 Å². The number of rotatable bonds is 3. The third-order valence-corrected chi connectivity index (χ3v) is 3.12. The van der Waals surface area contributed by atoms with Crippen LogP contribution in [0.1, 0.15) is 12.5 Å². The maximum Gasteiger partial charge on any atom is 0.416 e. The highest BCUT2D eigenvalue weighted by atomic mass is 32.1. The number of benzene rings is 1. The van der Waals surface area contributed by atoms with Crippen molar-refractivity contribution in [2.24, 2.45) is 0 Å². The van der Waals surface area contributed by atoms with Crippen LogP contribution in [0.2, 0.25) is 0 Å². The second-order valence-electron chi connectivity index (χ2n) is 3.65. The molecule has 96 valence electrons. The minimum Gasteiger partial charge on any atom is -0.362 e. The molecule has 2 nitrogen and oxygen atoms in total. The van der Waals surface area contributed by atoms with Crippen LogP contribution in [-0.4, -0.2) is 11.5 Å². The molecule has 0 saturated carbocycles. The van der Waals surface area contributed by atoms with Gasteiger partial charge in [0.05, 0.1) is 11.3 Å². The summed E-state index contributed by atoms with van der Waals surface area (Å²) in [7, 11) is 0. The normalized spacial score (nSPS) is 11.6. The predicted molar refractivity (Wildman–Crippen MR) is 66.7 cm³/mol. The van der Waals surface area contributed by atoms with Crippen LogP contribution in [0, 0.1) is 0 Å². The summed E-state index contributed by atoms with van der Waals surface area (Å²) in [6.07, 6.45) is -4.32. The van der Waals surface area contributed by atoms with Crippen LogP contribution in [0.25, 0.3) is 11.3 Å². The zero-order valence-electron chi connectivity index (χ0n) is 9.58. The largest absolute Gasteiger partial charge is 0.416 e. The van der Waals surface area contributed by atoms with Crippen LogP contribution in [0.15, 0.2) is 29.6 Å². The molecule has 0 saturated heterocycles. The molecular formula is C12H11F3N2S. The van der Waals surface area contributed by atoms with Crippen molar-refractivity contribution in [1.29, 1.82) is 0 Å². The quantitative estimate of drug-likeness (QED) is 0.903. The smallest absolute Gasteiger partial charge is 0.362 e. The first kappa shape index (κ1) is 12.9. The van der Waals surface area contributed by atoms with Gasteiger partial charge in [0.1, 0.15) is 0 Å². The highest BCUT2D eigenvalue weighted by Crippen LogP contribution is 2.32. The summed E-state index contributed by atoms with van der Waals surface area (Å²) < 4.78 is 37.7. The van der Waals surface area contributed by atoms with Crippen molar-refractivity contribution >= 4 is 16.5 Å². The van der Waals surface area contributed by atoms with Crippen molar-refractivity contribution in [3.8, 4) is 11.3 Å². The number of aromatic nitrogens is 1. The van der Waals surface area contributed by atoms with Crippen molar-refractivity contribution < 1.29 is 13.2 Å². The zero-order valence-corrected chi connectivity index (χ0v) is 10.4. The van der Waals surface area contributed by atoms with E-state index in [1.54, 1.807) is 11.4 Å². The fraction of sp³-hybridized carbons (Fsp3) is 0.250. The van der Waals surface area contributed by atoms with Crippen molar-refractivity contribution in [3.63, 3.8) is 0 Å². The van der Waals surface area contributed by atoms with Gasteiger partial charge in [-0.05, 0) is 19.1 Å². The van der Waals surface area contributed by atoms with Crippen LogP contribution >= 0.6 is 11.3 Å². The molecule has 6 heteroatoms. The lowest BCUT2D eigenvalue weighted by molar-refractivity contribution is -0.137. The number of anilines is 1. The molecule has 0 aliphatic carbocycles. The van der Waals surface area contributed by atoms with Crippen molar-refractivity contribution in [2.75, 3.05) is 11.9 Å². The van der Waals surface area contributed by atoms with E-state index in [0.29, 0.717) is 16.4 Å². The van der Waals surface area contributed by atoms with E-state index in [9.17, 15) is 13.2 Å². The molecule has 0 fully saturated rings. The average Bonchev–Trinajstić information content (AvgIpc) is 2.77. The molecule has 0 amide bonds. The number of halogens is 3. The Bertz CT molecular complexity index is 534. The number of hydrogen-bond acceptors (Lipinski definition) is 3. The number of hydrogen-bond donors (Lipinski definition) is 1. The topological polar surface area (TPSA) is 24.9 Å². The first-order valence-electron chi connectivity index (χ1n) is 5.37. The lowest BCUT2D eigenvalue weighted by atomic mass is 10.1. The van der Waals surface area contributed by atoms with Crippen LogP contribution in [0.3, 0.4) is 0 Å². The summed E-state index contributed by atoms with van der Waals surface area (Å²) in [6, 6.07) is 5.19. The second-order valence-corrected chi connectivity index (χ2v) is 4.50. The maximum atomic E-state index is 12.6. The molecule has 0 spiro atoms. The van der Waals surface area contributed by atoms with Crippen LogP contribution in [-0.2, 0) is 6.18 Å². The van der Waals surface area contributed by atoms with Gasteiger partial charge >= 0.3 is 6.18 Å². The van der Waals surface area contributed by atoms with Gasteiger partial charge in [0.2, 0.25) is 0 Å². The number of nitrogens with one attached hydrogen (secondary N) is 1. The highest BCUT2D eigenvalue weighted by Gasteiger charge is 2.30. The van der Waals surface area contributed by atoms with Crippen LogP contribution in [0.4, 0.5) is 18.3 Å². The molecule has 18 heavy (non-hydrogen) atoms. The fourth-order valence-corrected chi connectivity index (χ4v) is 2.28. The monoisotopic (exact) mass is 272 g/mol. The number of nitrogens with zero attached hydrogens (tertiary/aromatic N) is 1. The zero-order chi connectivity index (χ0) is 13.2. The minimum atomic E-state index is -4.32. The first-order chi connectivity index (χ1) is 8.50. The lowest BCUT2D eigenvalue weighted by Gasteiger charge is -2.07. The third kappa shape index (κ3) is 2.81. The van der Waals surface area contributed by atoms with E-state index in [-0.39, 0.29) is 0 Å². The Hall–Kier alpha value is -1.56. The van der Waals surface area contributed by atoms with Gasteiger partial charge in [-0.25, -0.2) is 4.98 Å². The summed E-state index contributed by atoms with van der Waals surface area (Å²) in [5.74, 6) is 0. The Morgan fingerprint density at radius 2 is 2.11 bits per heavy atom. The highest BCUT2D eigenvalue weighted by molar-refractivity contribution is 7.14. The van der Waals surface area contributed by atoms with Gasteiger partial charge in [-0.1, -0.05) is 12.1 Å². The standard InChI is InChI=1S/C12H11F3N2S/c1-2-16-11-17-10(7-18-11)8-4-3-5-9(6-8)12(13,14)15/h3-7H,2H2,1H3,(H,16,17). The van der Waals surface area contributed by atoms with E-state index in [1.165, 1.54) is 17.4 Å². The summed E-state index contributed by atoms with van der Waals surface area (Å²) in [5, 5.41) is 5.48. The average molecular weight is 272 g/mol. The Morgan fingerprint density at radius 1 is 1.33 bits per heavy atom. The Labute approximate surface area is 106 Å². The summed E-state index contributed by atoms with van der Waals surface area (Å²) in [6.45, 7) is 2.67. The SMILES string of the molecule is CCNc1nc(-c2cccc(C(F)(F)F)c2)cs1. The van der Waals surface area contributed by atoms with Crippen LogP contribution < -0.4 is 5.32 Å². The van der Waals surface area contributed by atoms with E-state index < -0.39 is 11.7 Å². The third-order valence-electron chi connectivity index (χ3n) is 2.32. The molecule has 0 aliphatic heterocycles. The van der Waals surface area contributed by atoms with E-state index >= 15 is 0 Å². The molecule has 2 rings (SSSR count). The number of thiazole rings is 1. The van der Waals surface area contributed by atoms with Gasteiger partial charge in [-0.3, -0.25) is 0 Å². The molecular weight excluding hydrogens is 261 g/mol. The molecule has 1 aromatic heterocycles. The van der Waals surface area contributed by atoms with Gasteiger partial charge in [-0.15, -0.1) is 11.3 Å². The molecule has 0 radical (unpaired) electrons. The molecule has 0 aliphatic rings. The Balaban J connectivity index is 2.32. The van der Waals surface area contributed by atoms with Gasteiger partial charge in [0.25, 0.3) is 0 Å². The molecule has 0 unspecified atom stereocenters. The van der Waals surface area contributed by atoms with Gasteiger partial charge in [0, 0.05) is 17.5 Å².